The van der Waals surface area contributed by atoms with Crippen molar-refractivity contribution >= 4 is 5.97 Å². The molecule has 2 bridgehead atoms. The Balaban J connectivity index is 2.24. The molecule has 0 amide bonds. The Labute approximate surface area is 70.2 Å². The van der Waals surface area contributed by atoms with Crippen LogP contribution in [-0.4, -0.2) is 22.7 Å². The highest BCUT2D eigenvalue weighted by Gasteiger charge is 2.55. The van der Waals surface area contributed by atoms with Gasteiger partial charge in [-0.1, -0.05) is 0 Å². The first-order valence-corrected chi connectivity index (χ1v) is 4.09. The zero-order valence-corrected chi connectivity index (χ0v) is 6.58. The molecule has 4 nitrogen and oxygen atoms in total. The summed E-state index contributed by atoms with van der Waals surface area (Å²) in [5.74, 6) is -0.547. The van der Waals surface area contributed by atoms with Gasteiger partial charge in [-0.2, -0.15) is 5.26 Å². The van der Waals surface area contributed by atoms with E-state index in [2.05, 4.69) is 11.4 Å². The second kappa shape index (κ2) is 2.20. The number of carbonyl (C=O) groups is 1. The van der Waals surface area contributed by atoms with Crippen molar-refractivity contribution < 1.29 is 9.90 Å². The Kier molecular flexibility index (Phi) is 1.39. The summed E-state index contributed by atoms with van der Waals surface area (Å²) in [7, 11) is 0. The lowest BCUT2D eigenvalue weighted by Crippen LogP contribution is -2.50. The number of carboxylic acids is 1. The molecule has 2 fully saturated rings. The van der Waals surface area contributed by atoms with Gasteiger partial charge in [0.15, 0.2) is 0 Å². The molecule has 2 rings (SSSR count). The third-order valence-corrected chi connectivity index (χ3v) is 3.00. The summed E-state index contributed by atoms with van der Waals surface area (Å²) < 4.78 is 0. The molecule has 3 atom stereocenters. The molecule has 0 radical (unpaired) electrons. The molecule has 0 spiro atoms. The van der Waals surface area contributed by atoms with Gasteiger partial charge in [0, 0.05) is 0 Å². The Morgan fingerprint density at radius 1 is 1.75 bits per heavy atom. The monoisotopic (exact) mass is 166 g/mol. The van der Waals surface area contributed by atoms with E-state index in [1.54, 1.807) is 0 Å². The maximum atomic E-state index is 10.9. The van der Waals surface area contributed by atoms with Crippen LogP contribution in [0.15, 0.2) is 0 Å². The molecule has 0 aromatic rings. The summed E-state index contributed by atoms with van der Waals surface area (Å²) in [5.41, 5.74) is -0.773. The summed E-state index contributed by atoms with van der Waals surface area (Å²) in [6.45, 7) is 0. The second-order valence-corrected chi connectivity index (χ2v) is 3.64. The van der Waals surface area contributed by atoms with Crippen molar-refractivity contribution in [2.24, 2.45) is 5.92 Å². The molecule has 1 heterocycles. The summed E-state index contributed by atoms with van der Waals surface area (Å²) in [6, 6.07) is 1.86. The number of piperidine rings is 1. The van der Waals surface area contributed by atoms with E-state index in [0.29, 0.717) is 12.8 Å². The number of nitrogens with zero attached hydrogens (tertiary/aromatic N) is 1. The highest BCUT2D eigenvalue weighted by atomic mass is 16.4. The smallest absolute Gasteiger partial charge is 0.323 e. The van der Waals surface area contributed by atoms with Crippen LogP contribution in [0.1, 0.15) is 19.3 Å². The minimum Gasteiger partial charge on any atom is -0.480 e. The standard InChI is InChI=1S/C8H10N2O2/c9-4-6-5-1-2-8(3-5,10-6)7(11)12/h5-6,10H,1-3H2,(H,11,12). The highest BCUT2D eigenvalue weighted by Crippen LogP contribution is 2.43. The van der Waals surface area contributed by atoms with E-state index in [-0.39, 0.29) is 12.0 Å². The van der Waals surface area contributed by atoms with Gasteiger partial charge in [0.05, 0.1) is 12.1 Å². The fourth-order valence-corrected chi connectivity index (χ4v) is 2.31. The van der Waals surface area contributed by atoms with Gasteiger partial charge < -0.3 is 5.11 Å². The molecule has 3 unspecified atom stereocenters. The van der Waals surface area contributed by atoms with Gasteiger partial charge in [-0.3, -0.25) is 10.1 Å². The van der Waals surface area contributed by atoms with Crippen molar-refractivity contribution in [3.8, 4) is 6.07 Å². The molecule has 1 saturated heterocycles. The molecule has 2 aliphatic rings. The first-order valence-electron chi connectivity index (χ1n) is 4.09. The normalized spacial score (nSPS) is 44.2. The van der Waals surface area contributed by atoms with Gasteiger partial charge in [-0.05, 0) is 25.2 Å². The Morgan fingerprint density at radius 3 is 2.92 bits per heavy atom. The zero-order valence-electron chi connectivity index (χ0n) is 6.58. The van der Waals surface area contributed by atoms with E-state index >= 15 is 0 Å². The Morgan fingerprint density at radius 2 is 2.50 bits per heavy atom. The molecule has 4 heteroatoms. The van der Waals surface area contributed by atoms with E-state index in [9.17, 15) is 4.79 Å². The van der Waals surface area contributed by atoms with E-state index in [4.69, 9.17) is 10.4 Å². The van der Waals surface area contributed by atoms with E-state index in [1.165, 1.54) is 0 Å². The predicted molar refractivity (Wildman–Crippen MR) is 40.2 cm³/mol. The number of hydrogen-bond donors (Lipinski definition) is 2. The molecule has 0 aromatic carbocycles. The van der Waals surface area contributed by atoms with Gasteiger partial charge in [-0.15, -0.1) is 0 Å². The molecule has 64 valence electrons. The highest BCUT2D eigenvalue weighted by molar-refractivity contribution is 5.80. The van der Waals surface area contributed by atoms with Crippen LogP contribution >= 0.6 is 0 Å². The lowest BCUT2D eigenvalue weighted by Gasteiger charge is -2.24. The summed E-state index contributed by atoms with van der Waals surface area (Å²) >= 11 is 0. The fraction of sp³-hybridized carbons (Fsp3) is 0.750. The first kappa shape index (κ1) is 7.56. The molecule has 1 aliphatic heterocycles. The van der Waals surface area contributed by atoms with Crippen molar-refractivity contribution in [2.45, 2.75) is 30.8 Å². The van der Waals surface area contributed by atoms with Crippen LogP contribution in [0.5, 0.6) is 0 Å². The number of carboxylic acid groups (broad SMARTS) is 1. The van der Waals surface area contributed by atoms with Crippen LogP contribution in [0, 0.1) is 17.2 Å². The maximum absolute atomic E-state index is 10.9. The molecule has 1 saturated carbocycles. The second-order valence-electron chi connectivity index (χ2n) is 3.64. The molecule has 2 N–H and O–H groups in total. The van der Waals surface area contributed by atoms with E-state index in [1.807, 2.05) is 0 Å². The van der Waals surface area contributed by atoms with Crippen molar-refractivity contribution in [3.63, 3.8) is 0 Å². The van der Waals surface area contributed by atoms with Crippen LogP contribution in [0.2, 0.25) is 0 Å². The van der Waals surface area contributed by atoms with Gasteiger partial charge in [-0.25, -0.2) is 0 Å². The SMILES string of the molecule is N#CC1NC2(C(=O)O)CCC1C2. The average molecular weight is 166 g/mol. The molecule has 1 aliphatic carbocycles. The summed E-state index contributed by atoms with van der Waals surface area (Å²) in [5, 5.41) is 20.5. The molecule has 0 aromatic heterocycles. The summed E-state index contributed by atoms with van der Waals surface area (Å²) in [4.78, 5) is 10.9. The number of aliphatic carboxylic acids is 1. The Bertz CT molecular complexity index is 271. The van der Waals surface area contributed by atoms with Crippen molar-refractivity contribution in [2.75, 3.05) is 0 Å². The van der Waals surface area contributed by atoms with E-state index < -0.39 is 11.5 Å². The molecular formula is C8H10N2O2. The van der Waals surface area contributed by atoms with Crippen molar-refractivity contribution in [1.82, 2.24) is 5.32 Å². The van der Waals surface area contributed by atoms with Crippen molar-refractivity contribution in [3.05, 3.63) is 0 Å². The first-order chi connectivity index (χ1) is 5.68. The number of nitriles is 1. The number of rotatable bonds is 1. The van der Waals surface area contributed by atoms with Crippen LogP contribution < -0.4 is 5.32 Å². The quantitative estimate of drug-likeness (QED) is 0.579. The fourth-order valence-electron chi connectivity index (χ4n) is 2.31. The van der Waals surface area contributed by atoms with Crippen LogP contribution in [0.25, 0.3) is 0 Å². The number of nitrogens with one attached hydrogen (secondary N) is 1. The third-order valence-electron chi connectivity index (χ3n) is 3.00. The van der Waals surface area contributed by atoms with Crippen LogP contribution in [0.3, 0.4) is 0 Å². The summed E-state index contributed by atoms with van der Waals surface area (Å²) in [6.07, 6.45) is 2.17. The topological polar surface area (TPSA) is 73.1 Å². The van der Waals surface area contributed by atoms with Gasteiger partial charge >= 0.3 is 5.97 Å². The third kappa shape index (κ3) is 0.772. The maximum Gasteiger partial charge on any atom is 0.323 e. The minimum absolute atomic E-state index is 0.241. The lowest BCUT2D eigenvalue weighted by atomic mass is 9.99. The van der Waals surface area contributed by atoms with Crippen LogP contribution in [0.4, 0.5) is 0 Å². The van der Waals surface area contributed by atoms with Crippen LogP contribution in [-0.2, 0) is 4.79 Å². The Hall–Kier alpha value is -1.08. The lowest BCUT2D eigenvalue weighted by molar-refractivity contribution is -0.144. The van der Waals surface area contributed by atoms with Gasteiger partial charge in [0.1, 0.15) is 5.54 Å². The van der Waals surface area contributed by atoms with Gasteiger partial charge in [0.25, 0.3) is 0 Å². The molecular weight excluding hydrogens is 156 g/mol. The van der Waals surface area contributed by atoms with E-state index in [0.717, 1.165) is 6.42 Å². The largest absolute Gasteiger partial charge is 0.480 e. The average Bonchev–Trinajstić information content (AvgIpc) is 2.61. The minimum atomic E-state index is -0.803. The predicted octanol–water partition coefficient (Wildman–Crippen LogP) is 0.105. The molecule has 12 heavy (non-hydrogen) atoms. The van der Waals surface area contributed by atoms with Crippen molar-refractivity contribution in [1.29, 1.82) is 5.26 Å². The number of hydrogen-bond acceptors (Lipinski definition) is 3. The number of fused-ring (bicyclic) bond motifs is 2. The van der Waals surface area contributed by atoms with Gasteiger partial charge in [0.2, 0.25) is 0 Å². The zero-order chi connectivity index (χ0) is 8.77.